The number of aliphatic hydroxyl groups excluding tert-OH is 1. The number of aryl methyl sites for hydroxylation is 2. The SMILES string of the molecule is Cc1cc2ncn(Cc3cc(C(=O)N4CCCC[C@H]4CO)n[nH]3)c2cc1C. The summed E-state index contributed by atoms with van der Waals surface area (Å²) < 4.78 is 2.06. The molecule has 3 heterocycles. The summed E-state index contributed by atoms with van der Waals surface area (Å²) in [4.78, 5) is 19.0. The van der Waals surface area contributed by atoms with E-state index in [0.29, 0.717) is 18.8 Å². The number of aromatic nitrogens is 4. The fourth-order valence-corrected chi connectivity index (χ4v) is 3.78. The topological polar surface area (TPSA) is 87.0 Å². The predicted molar refractivity (Wildman–Crippen MR) is 103 cm³/mol. The number of carbonyl (C=O) groups excluding carboxylic acids is 1. The highest BCUT2D eigenvalue weighted by Gasteiger charge is 2.28. The maximum atomic E-state index is 12.8. The molecule has 7 heteroatoms. The number of hydrogen-bond acceptors (Lipinski definition) is 4. The first-order valence-corrected chi connectivity index (χ1v) is 9.45. The van der Waals surface area contributed by atoms with Crippen LogP contribution in [0.1, 0.15) is 46.6 Å². The molecule has 3 aromatic rings. The van der Waals surface area contributed by atoms with Crippen LogP contribution in [0, 0.1) is 13.8 Å². The van der Waals surface area contributed by atoms with Crippen molar-refractivity contribution in [3.8, 4) is 0 Å². The van der Waals surface area contributed by atoms with Gasteiger partial charge >= 0.3 is 0 Å². The number of H-pyrrole nitrogens is 1. The first kappa shape index (κ1) is 17.7. The molecule has 1 saturated heterocycles. The lowest BCUT2D eigenvalue weighted by atomic mass is 10.0. The Hall–Kier alpha value is -2.67. The monoisotopic (exact) mass is 367 g/mol. The second-order valence-electron chi connectivity index (χ2n) is 7.41. The maximum absolute atomic E-state index is 12.8. The minimum absolute atomic E-state index is 0.00279. The zero-order valence-electron chi connectivity index (χ0n) is 15.8. The molecular weight excluding hydrogens is 342 g/mol. The molecule has 142 valence electrons. The largest absolute Gasteiger partial charge is 0.394 e. The van der Waals surface area contributed by atoms with E-state index in [1.165, 1.54) is 11.1 Å². The number of benzene rings is 1. The van der Waals surface area contributed by atoms with Gasteiger partial charge in [-0.25, -0.2) is 4.98 Å². The van der Waals surface area contributed by atoms with Gasteiger partial charge in [0.1, 0.15) is 5.69 Å². The average molecular weight is 367 g/mol. The molecule has 1 aromatic carbocycles. The molecule has 0 unspecified atom stereocenters. The fourth-order valence-electron chi connectivity index (χ4n) is 3.78. The Bertz CT molecular complexity index is 974. The number of carbonyl (C=O) groups is 1. The van der Waals surface area contributed by atoms with Crippen LogP contribution in [0.15, 0.2) is 24.5 Å². The molecule has 0 saturated carbocycles. The van der Waals surface area contributed by atoms with Crippen LogP contribution in [0.5, 0.6) is 0 Å². The van der Waals surface area contributed by atoms with Gasteiger partial charge < -0.3 is 14.6 Å². The molecule has 7 nitrogen and oxygen atoms in total. The number of fused-ring (bicyclic) bond motifs is 1. The summed E-state index contributed by atoms with van der Waals surface area (Å²) in [5.74, 6) is -0.113. The smallest absolute Gasteiger partial charge is 0.274 e. The van der Waals surface area contributed by atoms with Gasteiger partial charge in [0.15, 0.2) is 0 Å². The van der Waals surface area contributed by atoms with E-state index in [4.69, 9.17) is 0 Å². The van der Waals surface area contributed by atoms with Crippen LogP contribution in [0.4, 0.5) is 0 Å². The van der Waals surface area contributed by atoms with Crippen LogP contribution in [-0.2, 0) is 6.54 Å². The summed E-state index contributed by atoms with van der Waals surface area (Å²) in [6.45, 7) is 5.43. The molecule has 1 atom stereocenters. The van der Waals surface area contributed by atoms with Gasteiger partial charge in [-0.3, -0.25) is 9.89 Å². The molecule has 1 amide bonds. The lowest BCUT2D eigenvalue weighted by Gasteiger charge is -2.34. The van der Waals surface area contributed by atoms with Crippen molar-refractivity contribution in [3.63, 3.8) is 0 Å². The molecule has 2 N–H and O–H groups in total. The number of aliphatic hydroxyl groups is 1. The van der Waals surface area contributed by atoms with Crippen molar-refractivity contribution < 1.29 is 9.90 Å². The van der Waals surface area contributed by atoms with E-state index in [2.05, 4.69) is 45.7 Å². The van der Waals surface area contributed by atoms with Gasteiger partial charge in [0, 0.05) is 6.54 Å². The molecule has 2 aromatic heterocycles. The van der Waals surface area contributed by atoms with Gasteiger partial charge in [0.2, 0.25) is 0 Å². The summed E-state index contributed by atoms with van der Waals surface area (Å²) in [7, 11) is 0. The molecule has 0 bridgehead atoms. The number of likely N-dealkylation sites (tertiary alicyclic amines) is 1. The normalized spacial score (nSPS) is 17.6. The van der Waals surface area contributed by atoms with Crippen LogP contribution in [0.2, 0.25) is 0 Å². The Labute approximate surface area is 158 Å². The van der Waals surface area contributed by atoms with Gasteiger partial charge in [-0.2, -0.15) is 5.10 Å². The summed E-state index contributed by atoms with van der Waals surface area (Å²) in [6.07, 6.45) is 4.68. The molecule has 0 spiro atoms. The van der Waals surface area contributed by atoms with Gasteiger partial charge in [0.05, 0.1) is 42.2 Å². The number of hydrogen-bond donors (Lipinski definition) is 2. The molecule has 4 rings (SSSR count). The molecule has 1 aliphatic rings. The zero-order valence-corrected chi connectivity index (χ0v) is 15.8. The Morgan fingerprint density at radius 1 is 1.26 bits per heavy atom. The van der Waals surface area contributed by atoms with E-state index in [-0.39, 0.29) is 18.6 Å². The average Bonchev–Trinajstić information content (AvgIpc) is 3.30. The lowest BCUT2D eigenvalue weighted by Crippen LogP contribution is -2.45. The number of piperidine rings is 1. The van der Waals surface area contributed by atoms with Gasteiger partial charge in [0.25, 0.3) is 5.91 Å². The quantitative estimate of drug-likeness (QED) is 0.741. The van der Waals surface area contributed by atoms with Crippen LogP contribution in [0.25, 0.3) is 11.0 Å². The second kappa shape index (κ2) is 7.15. The zero-order chi connectivity index (χ0) is 19.0. The predicted octanol–water partition coefficient (Wildman–Crippen LogP) is 2.41. The van der Waals surface area contributed by atoms with E-state index in [1.54, 1.807) is 11.0 Å². The summed E-state index contributed by atoms with van der Waals surface area (Å²) >= 11 is 0. The van der Waals surface area contributed by atoms with Gasteiger partial charge in [-0.1, -0.05) is 0 Å². The summed E-state index contributed by atoms with van der Waals surface area (Å²) in [5.41, 5.74) is 5.74. The van der Waals surface area contributed by atoms with Crippen molar-refractivity contribution in [2.45, 2.75) is 45.7 Å². The van der Waals surface area contributed by atoms with Crippen molar-refractivity contribution in [2.75, 3.05) is 13.2 Å². The Morgan fingerprint density at radius 2 is 2.07 bits per heavy atom. The number of imidazole rings is 1. The maximum Gasteiger partial charge on any atom is 0.274 e. The van der Waals surface area contributed by atoms with E-state index >= 15 is 0 Å². The minimum Gasteiger partial charge on any atom is -0.394 e. The first-order chi connectivity index (χ1) is 13.1. The van der Waals surface area contributed by atoms with E-state index in [9.17, 15) is 9.90 Å². The molecule has 1 aliphatic heterocycles. The third-order valence-electron chi connectivity index (χ3n) is 5.53. The third kappa shape index (κ3) is 3.35. The van der Waals surface area contributed by atoms with Gasteiger partial charge in [-0.05, 0) is 62.4 Å². The Balaban J connectivity index is 1.55. The van der Waals surface area contributed by atoms with E-state index in [0.717, 1.165) is 36.0 Å². The van der Waals surface area contributed by atoms with Crippen LogP contribution in [-0.4, -0.2) is 54.9 Å². The minimum atomic E-state index is -0.113. The second-order valence-corrected chi connectivity index (χ2v) is 7.41. The fraction of sp³-hybridized carbons (Fsp3) is 0.450. The van der Waals surface area contributed by atoms with Crippen LogP contribution >= 0.6 is 0 Å². The molecule has 0 radical (unpaired) electrons. The van der Waals surface area contributed by atoms with Crippen molar-refractivity contribution in [2.24, 2.45) is 0 Å². The number of nitrogens with zero attached hydrogens (tertiary/aromatic N) is 4. The van der Waals surface area contributed by atoms with E-state index < -0.39 is 0 Å². The molecule has 1 fully saturated rings. The summed E-state index contributed by atoms with van der Waals surface area (Å²) in [6, 6.07) is 5.93. The van der Waals surface area contributed by atoms with Crippen molar-refractivity contribution in [1.29, 1.82) is 0 Å². The number of rotatable bonds is 4. The number of amides is 1. The summed E-state index contributed by atoms with van der Waals surface area (Å²) in [5, 5.41) is 16.7. The standard InChI is InChI=1S/C20H25N5O2/c1-13-7-17-19(8-14(13)2)24(12-21-17)10-15-9-18(23-22-15)20(27)25-6-4-3-5-16(25)11-26/h7-9,12,16,26H,3-6,10-11H2,1-2H3,(H,22,23)/t16-/m0/s1. The number of nitrogens with one attached hydrogen (secondary N) is 1. The third-order valence-corrected chi connectivity index (χ3v) is 5.53. The van der Waals surface area contributed by atoms with Crippen LogP contribution < -0.4 is 0 Å². The molecule has 0 aliphatic carbocycles. The Kier molecular flexibility index (Phi) is 4.70. The van der Waals surface area contributed by atoms with Crippen molar-refractivity contribution >= 4 is 16.9 Å². The highest BCUT2D eigenvalue weighted by atomic mass is 16.3. The highest BCUT2D eigenvalue weighted by molar-refractivity contribution is 5.92. The van der Waals surface area contributed by atoms with E-state index in [1.807, 2.05) is 6.33 Å². The lowest BCUT2D eigenvalue weighted by molar-refractivity contribution is 0.0497. The van der Waals surface area contributed by atoms with Crippen LogP contribution in [0.3, 0.4) is 0 Å². The molecule has 27 heavy (non-hydrogen) atoms. The molecular formula is C20H25N5O2. The van der Waals surface area contributed by atoms with Crippen molar-refractivity contribution in [3.05, 3.63) is 47.0 Å². The van der Waals surface area contributed by atoms with Crippen molar-refractivity contribution in [1.82, 2.24) is 24.6 Å². The van der Waals surface area contributed by atoms with Gasteiger partial charge in [-0.15, -0.1) is 0 Å². The Morgan fingerprint density at radius 3 is 2.89 bits per heavy atom. The number of aromatic amines is 1. The highest BCUT2D eigenvalue weighted by Crippen LogP contribution is 2.21. The first-order valence-electron chi connectivity index (χ1n) is 9.45.